The summed E-state index contributed by atoms with van der Waals surface area (Å²) < 4.78 is 0. The second-order valence-corrected chi connectivity index (χ2v) is 3.97. The molecule has 0 atom stereocenters. The van der Waals surface area contributed by atoms with Crippen LogP contribution in [0.25, 0.3) is 0 Å². The summed E-state index contributed by atoms with van der Waals surface area (Å²) in [4.78, 5) is 4.39. The van der Waals surface area contributed by atoms with Gasteiger partial charge < -0.3 is 0 Å². The Morgan fingerprint density at radius 2 is 2.09 bits per heavy atom. The maximum absolute atomic E-state index is 4.39. The lowest BCUT2D eigenvalue weighted by Crippen LogP contribution is -2.11. The Balaban J connectivity index is 3.89. The fraction of sp³-hybridized carbons (Fsp3) is 0.667. The summed E-state index contributed by atoms with van der Waals surface area (Å²) in [5, 5.41) is 0. The quantitative estimate of drug-likeness (QED) is 0.359. The average molecular weight is 171 g/mol. The van der Waals surface area contributed by atoms with E-state index in [2.05, 4.69) is 31.8 Å². The van der Waals surface area contributed by atoms with Crippen molar-refractivity contribution in [2.45, 2.75) is 33.2 Å². The molecule has 0 aromatic rings. The van der Waals surface area contributed by atoms with Crippen molar-refractivity contribution in [3.05, 3.63) is 12.2 Å². The van der Waals surface area contributed by atoms with Gasteiger partial charge in [-0.3, -0.25) is 4.99 Å². The molecule has 0 rings (SSSR count). The molecule has 2 heteroatoms. The fourth-order valence-corrected chi connectivity index (χ4v) is 1.19. The van der Waals surface area contributed by atoms with Gasteiger partial charge in [0.2, 0.25) is 0 Å². The summed E-state index contributed by atoms with van der Waals surface area (Å²) in [6.07, 6.45) is 4.13. The molecule has 0 unspecified atom stereocenters. The van der Waals surface area contributed by atoms with Crippen molar-refractivity contribution in [1.29, 1.82) is 0 Å². The monoisotopic (exact) mass is 171 g/mol. The molecule has 0 aliphatic carbocycles. The Morgan fingerprint density at radius 1 is 1.45 bits per heavy atom. The van der Waals surface area contributed by atoms with E-state index in [0.717, 1.165) is 5.75 Å². The van der Waals surface area contributed by atoms with Crippen LogP contribution in [0.1, 0.15) is 27.7 Å². The van der Waals surface area contributed by atoms with Crippen LogP contribution in [0, 0.1) is 0 Å². The molecule has 0 spiro atoms. The molecule has 0 aromatic carbocycles. The van der Waals surface area contributed by atoms with Gasteiger partial charge >= 0.3 is 0 Å². The highest BCUT2D eigenvalue weighted by Crippen LogP contribution is 2.11. The minimum absolute atomic E-state index is 0.0308. The van der Waals surface area contributed by atoms with Crippen molar-refractivity contribution in [1.82, 2.24) is 0 Å². The zero-order chi connectivity index (χ0) is 8.74. The third-order valence-electron chi connectivity index (χ3n) is 1.20. The van der Waals surface area contributed by atoms with Crippen LogP contribution in [0.2, 0.25) is 0 Å². The van der Waals surface area contributed by atoms with E-state index in [4.69, 9.17) is 0 Å². The van der Waals surface area contributed by atoms with Crippen LogP contribution in [-0.2, 0) is 0 Å². The molecule has 0 aromatic heterocycles. The third-order valence-corrected chi connectivity index (χ3v) is 1.79. The lowest BCUT2D eigenvalue weighted by Gasteiger charge is -2.12. The van der Waals surface area contributed by atoms with Crippen molar-refractivity contribution in [3.63, 3.8) is 0 Å². The molecule has 0 fully saturated rings. The van der Waals surface area contributed by atoms with Crippen molar-refractivity contribution >= 4 is 17.3 Å². The summed E-state index contributed by atoms with van der Waals surface area (Å²) in [6, 6.07) is 0. The van der Waals surface area contributed by atoms with E-state index in [9.17, 15) is 0 Å². The standard InChI is InChI=1S/C9H17NS/c1-5-7-9(3,4)10-8-11-6-2/h5,7-8H,6H2,1-4H3/b7-5-,10-8?. The molecule has 0 saturated carbocycles. The van der Waals surface area contributed by atoms with Gasteiger partial charge in [-0.2, -0.15) is 0 Å². The molecule has 0 N–H and O–H groups in total. The number of rotatable bonds is 4. The number of hydrogen-bond donors (Lipinski definition) is 0. The summed E-state index contributed by atoms with van der Waals surface area (Å²) >= 11 is 1.74. The van der Waals surface area contributed by atoms with Gasteiger partial charge in [-0.05, 0) is 26.5 Å². The van der Waals surface area contributed by atoms with E-state index < -0.39 is 0 Å². The predicted octanol–water partition coefficient (Wildman–Crippen LogP) is 3.12. The Hall–Kier alpha value is -0.240. The molecule has 64 valence electrons. The van der Waals surface area contributed by atoms with E-state index in [-0.39, 0.29) is 5.54 Å². The topological polar surface area (TPSA) is 12.4 Å². The molecule has 11 heavy (non-hydrogen) atoms. The first-order valence-electron chi connectivity index (χ1n) is 3.91. The van der Waals surface area contributed by atoms with Crippen LogP contribution in [-0.4, -0.2) is 16.8 Å². The Labute approximate surface area is 74.0 Å². The van der Waals surface area contributed by atoms with E-state index >= 15 is 0 Å². The van der Waals surface area contributed by atoms with Crippen LogP contribution in [0.15, 0.2) is 17.1 Å². The maximum atomic E-state index is 4.39. The molecule has 0 aliphatic rings. The second kappa shape index (κ2) is 5.42. The van der Waals surface area contributed by atoms with Gasteiger partial charge in [0.15, 0.2) is 0 Å². The molecule has 0 aliphatic heterocycles. The molecule has 0 radical (unpaired) electrons. The number of allylic oxidation sites excluding steroid dienone is 1. The molecular formula is C9H17NS. The number of nitrogens with zero attached hydrogens (tertiary/aromatic N) is 1. The third kappa shape index (κ3) is 6.17. The highest BCUT2D eigenvalue weighted by atomic mass is 32.2. The van der Waals surface area contributed by atoms with Crippen molar-refractivity contribution in [3.8, 4) is 0 Å². The SMILES string of the molecule is C/C=C\C(C)(C)N=CSCC. The molecular weight excluding hydrogens is 154 g/mol. The number of hydrogen-bond acceptors (Lipinski definition) is 2. The molecule has 0 amide bonds. The van der Waals surface area contributed by atoms with Gasteiger partial charge in [0.25, 0.3) is 0 Å². The number of aliphatic imine (C=N–C) groups is 1. The van der Waals surface area contributed by atoms with E-state index in [1.165, 1.54) is 0 Å². The highest BCUT2D eigenvalue weighted by Gasteiger charge is 2.08. The lowest BCUT2D eigenvalue weighted by molar-refractivity contribution is 0.661. The van der Waals surface area contributed by atoms with Crippen LogP contribution in [0.3, 0.4) is 0 Å². The van der Waals surface area contributed by atoms with Gasteiger partial charge in [-0.25, -0.2) is 0 Å². The summed E-state index contributed by atoms with van der Waals surface area (Å²) in [6.45, 7) is 8.34. The smallest absolute Gasteiger partial charge is 0.0737 e. The zero-order valence-corrected chi connectivity index (χ0v) is 8.61. The first kappa shape index (κ1) is 10.8. The second-order valence-electron chi connectivity index (χ2n) is 2.84. The molecule has 0 heterocycles. The Kier molecular flexibility index (Phi) is 5.30. The Bertz CT molecular complexity index is 148. The van der Waals surface area contributed by atoms with E-state index in [0.29, 0.717) is 0 Å². The molecule has 0 saturated heterocycles. The van der Waals surface area contributed by atoms with Gasteiger partial charge in [0.1, 0.15) is 0 Å². The zero-order valence-electron chi connectivity index (χ0n) is 7.79. The first-order chi connectivity index (χ1) is 5.12. The van der Waals surface area contributed by atoms with Gasteiger partial charge in [0.05, 0.1) is 11.1 Å². The van der Waals surface area contributed by atoms with Gasteiger partial charge in [-0.15, -0.1) is 11.8 Å². The number of thioether (sulfide) groups is 1. The maximum Gasteiger partial charge on any atom is 0.0737 e. The van der Waals surface area contributed by atoms with Crippen LogP contribution in [0.5, 0.6) is 0 Å². The van der Waals surface area contributed by atoms with Crippen LogP contribution < -0.4 is 0 Å². The predicted molar refractivity (Wildman–Crippen MR) is 55.5 cm³/mol. The first-order valence-corrected chi connectivity index (χ1v) is 4.96. The summed E-state index contributed by atoms with van der Waals surface area (Å²) in [5.41, 5.74) is 1.90. The Morgan fingerprint density at radius 3 is 2.55 bits per heavy atom. The van der Waals surface area contributed by atoms with Crippen LogP contribution >= 0.6 is 11.8 Å². The molecule has 0 bridgehead atoms. The van der Waals surface area contributed by atoms with Crippen molar-refractivity contribution in [2.24, 2.45) is 4.99 Å². The normalized spacial score (nSPS) is 13.5. The summed E-state index contributed by atoms with van der Waals surface area (Å²) in [7, 11) is 0. The largest absolute Gasteiger partial charge is 0.276 e. The van der Waals surface area contributed by atoms with Gasteiger partial charge in [0, 0.05) is 0 Å². The van der Waals surface area contributed by atoms with E-state index in [1.807, 2.05) is 18.5 Å². The van der Waals surface area contributed by atoms with Crippen molar-refractivity contribution < 1.29 is 0 Å². The summed E-state index contributed by atoms with van der Waals surface area (Å²) in [5.74, 6) is 1.09. The average Bonchev–Trinajstić information content (AvgIpc) is 1.87. The highest BCUT2D eigenvalue weighted by molar-refractivity contribution is 8.12. The van der Waals surface area contributed by atoms with Crippen molar-refractivity contribution in [2.75, 3.05) is 5.75 Å². The fourth-order valence-electron chi connectivity index (χ4n) is 0.699. The lowest BCUT2D eigenvalue weighted by atomic mass is 10.1. The van der Waals surface area contributed by atoms with E-state index in [1.54, 1.807) is 11.8 Å². The minimum Gasteiger partial charge on any atom is -0.276 e. The molecule has 1 nitrogen and oxygen atoms in total. The van der Waals surface area contributed by atoms with Crippen LogP contribution in [0.4, 0.5) is 0 Å². The minimum atomic E-state index is -0.0308. The van der Waals surface area contributed by atoms with Gasteiger partial charge in [-0.1, -0.05) is 19.1 Å².